The molecule has 0 aliphatic carbocycles. The number of alkyl halides is 2. The van der Waals surface area contributed by atoms with Crippen molar-refractivity contribution in [1.29, 1.82) is 0 Å². The Morgan fingerprint density at radius 3 is 2.27 bits per heavy atom. The molecule has 6 N–H and O–H groups in total. The van der Waals surface area contributed by atoms with Gasteiger partial charge in [-0.2, -0.15) is 8.62 Å². The minimum absolute atomic E-state index is 0.563. The zero-order valence-electron chi connectivity index (χ0n) is 16.0. The predicted molar refractivity (Wildman–Crippen MR) is 96.8 cm³/mol. The smallest absolute Gasteiger partial charge is 0.387 e. The molecule has 1 saturated heterocycles. The van der Waals surface area contributed by atoms with Crippen LogP contribution in [0.25, 0.3) is 0 Å². The van der Waals surface area contributed by atoms with Gasteiger partial charge in [0.15, 0.2) is 11.8 Å². The van der Waals surface area contributed by atoms with Crippen molar-refractivity contribution in [2.45, 2.75) is 30.5 Å². The van der Waals surface area contributed by atoms with Crippen molar-refractivity contribution < 1.29 is 69.8 Å². The molecule has 33 heavy (non-hydrogen) atoms. The maximum atomic E-state index is 13.9. The van der Waals surface area contributed by atoms with Gasteiger partial charge in [0.25, 0.3) is 12.0 Å². The average molecular weight is 548 g/mol. The molecule has 17 nitrogen and oxygen atoms in total. The molecule has 0 spiro atoms. The van der Waals surface area contributed by atoms with Crippen molar-refractivity contribution in [3.8, 4) is 0 Å². The lowest BCUT2D eigenvalue weighted by Crippen LogP contribution is -2.52. The topological polar surface area (TPSA) is 253 Å². The van der Waals surface area contributed by atoms with Crippen LogP contribution >= 0.6 is 23.5 Å². The van der Waals surface area contributed by atoms with Crippen LogP contribution in [-0.2, 0) is 36.3 Å². The van der Waals surface area contributed by atoms with Crippen LogP contribution in [0.5, 0.6) is 0 Å². The first-order valence-electron chi connectivity index (χ1n) is 8.20. The number of aromatic nitrogens is 2. The van der Waals surface area contributed by atoms with Gasteiger partial charge in [-0.25, -0.2) is 27.3 Å². The highest BCUT2D eigenvalue weighted by Crippen LogP contribution is 2.66. The number of ether oxygens (including phenoxy) is 2. The van der Waals surface area contributed by atoms with Crippen LogP contribution in [0.4, 0.5) is 8.78 Å². The van der Waals surface area contributed by atoms with Gasteiger partial charge in [-0.05, 0) is 0 Å². The molecule has 2 heterocycles. The molecule has 0 aromatic carbocycles. The van der Waals surface area contributed by atoms with E-state index in [4.69, 9.17) is 24.2 Å². The number of phosphoric acid groups is 3. The number of aromatic amines is 1. The minimum Gasteiger partial charge on any atom is -0.387 e. The summed E-state index contributed by atoms with van der Waals surface area (Å²) in [7, 11) is -16.6. The van der Waals surface area contributed by atoms with Crippen LogP contribution in [0, 0.1) is 0 Å². The summed E-state index contributed by atoms with van der Waals surface area (Å²) < 4.78 is 83.3. The van der Waals surface area contributed by atoms with Gasteiger partial charge in [-0.1, -0.05) is 0 Å². The van der Waals surface area contributed by atoms with Crippen LogP contribution < -0.4 is 11.2 Å². The highest BCUT2D eigenvalue weighted by atomic mass is 31.3. The van der Waals surface area contributed by atoms with E-state index in [9.17, 15) is 42.1 Å². The number of phosphoric ester groups is 1. The van der Waals surface area contributed by atoms with E-state index < -0.39 is 71.8 Å². The molecule has 190 valence electrons. The number of nitrogens with one attached hydrogen (secondary N) is 1. The first-order valence-corrected chi connectivity index (χ1v) is 12.7. The largest absolute Gasteiger partial charge is 0.490 e. The molecule has 0 saturated carbocycles. The normalized spacial score (nSPS) is 29.7. The van der Waals surface area contributed by atoms with E-state index in [1.165, 1.54) is 0 Å². The first-order chi connectivity index (χ1) is 14.9. The van der Waals surface area contributed by atoms with E-state index in [1.54, 1.807) is 0 Å². The van der Waals surface area contributed by atoms with E-state index in [2.05, 4.69) is 13.1 Å². The van der Waals surface area contributed by atoms with E-state index in [0.29, 0.717) is 4.57 Å². The molecule has 1 aliphatic heterocycles. The summed E-state index contributed by atoms with van der Waals surface area (Å²) in [4.78, 5) is 60.6. The van der Waals surface area contributed by atoms with Gasteiger partial charge in [0, 0.05) is 19.4 Å². The van der Waals surface area contributed by atoms with Crippen LogP contribution in [0.1, 0.15) is 6.23 Å². The van der Waals surface area contributed by atoms with Crippen molar-refractivity contribution in [2.75, 3.05) is 13.7 Å². The number of nitrogens with zero attached hydrogens (tertiary/aromatic N) is 1. The van der Waals surface area contributed by atoms with Gasteiger partial charge < -0.3 is 34.2 Å². The number of methoxy groups -OCH3 is 1. The van der Waals surface area contributed by atoms with E-state index in [1.807, 2.05) is 4.98 Å². The third-order valence-corrected chi connectivity index (χ3v) is 7.85. The molecule has 1 aromatic rings. The molecular formula is C11H17F2N2O15P3. The third-order valence-electron chi connectivity index (χ3n) is 4.07. The molecule has 1 aromatic heterocycles. The summed E-state index contributed by atoms with van der Waals surface area (Å²) in [5.41, 5.74) is -5.21. The molecule has 2 rings (SSSR count). The SMILES string of the molecule is CO[C@H]1C(n2ccc(=O)[nH]c2=O)O[C@@](COP(=O)(O)OP(=O)(O)OP(=O)(O)O)(C(F)F)[C@H]1O. The highest BCUT2D eigenvalue weighted by Gasteiger charge is 2.62. The molecule has 3 unspecified atom stereocenters. The summed E-state index contributed by atoms with van der Waals surface area (Å²) in [5, 5.41) is 10.4. The zero-order chi connectivity index (χ0) is 25.4. The Morgan fingerprint density at radius 2 is 1.79 bits per heavy atom. The Labute approximate surface area is 180 Å². The third kappa shape index (κ3) is 6.70. The van der Waals surface area contributed by atoms with E-state index in [-0.39, 0.29) is 0 Å². The second-order valence-electron chi connectivity index (χ2n) is 6.29. The Bertz CT molecular complexity index is 1120. The zero-order valence-corrected chi connectivity index (χ0v) is 18.7. The van der Waals surface area contributed by atoms with Gasteiger partial charge in [0.05, 0.1) is 6.61 Å². The van der Waals surface area contributed by atoms with Crippen LogP contribution in [0.3, 0.4) is 0 Å². The predicted octanol–water partition coefficient (Wildman–Crippen LogP) is -1.21. The van der Waals surface area contributed by atoms with Crippen molar-refractivity contribution in [3.05, 3.63) is 33.1 Å². The second kappa shape index (κ2) is 9.83. The molecular weight excluding hydrogens is 531 g/mol. The molecule has 0 amide bonds. The summed E-state index contributed by atoms with van der Waals surface area (Å²) in [6, 6.07) is 0.818. The van der Waals surface area contributed by atoms with Gasteiger partial charge in [0.2, 0.25) is 0 Å². The van der Waals surface area contributed by atoms with Gasteiger partial charge >= 0.3 is 29.2 Å². The molecule has 1 aliphatic rings. The standard InChI is InChI=1S/C11H17F2N2O15P3/c1-26-6-7(17)11(9(12)13,28-8(6)15-3-2-5(16)14-10(15)18)4-27-32(22,23)30-33(24,25)29-31(19,20)21/h2-3,6-9,17H,4H2,1H3,(H,22,23)(H,24,25)(H,14,16,18)(H2,19,20,21)/t6-,7+,8?,11-/m1/s1. The number of hydrogen-bond donors (Lipinski definition) is 6. The summed E-state index contributed by atoms with van der Waals surface area (Å²) in [5.74, 6) is 0. The number of H-pyrrole nitrogens is 1. The second-order valence-corrected chi connectivity index (χ2v) is 10.7. The maximum Gasteiger partial charge on any atom is 0.490 e. The van der Waals surface area contributed by atoms with Crippen LogP contribution in [-0.4, -0.2) is 72.2 Å². The Morgan fingerprint density at radius 1 is 1.18 bits per heavy atom. The molecule has 0 bridgehead atoms. The Balaban J connectivity index is 2.32. The fourth-order valence-corrected chi connectivity index (χ4v) is 5.79. The van der Waals surface area contributed by atoms with Crippen LogP contribution in [0.2, 0.25) is 0 Å². The molecule has 1 fully saturated rings. The van der Waals surface area contributed by atoms with Crippen molar-refractivity contribution in [3.63, 3.8) is 0 Å². The summed E-state index contributed by atoms with van der Waals surface area (Å²) >= 11 is 0. The highest BCUT2D eigenvalue weighted by molar-refractivity contribution is 7.66. The lowest BCUT2D eigenvalue weighted by Gasteiger charge is -2.31. The van der Waals surface area contributed by atoms with Crippen molar-refractivity contribution >= 4 is 23.5 Å². The van der Waals surface area contributed by atoms with E-state index >= 15 is 0 Å². The molecule has 22 heteroatoms. The van der Waals surface area contributed by atoms with Crippen LogP contribution in [0.15, 0.2) is 21.9 Å². The molecule has 6 atom stereocenters. The maximum absolute atomic E-state index is 13.9. The summed E-state index contributed by atoms with van der Waals surface area (Å²) in [6.45, 7) is -1.73. The number of halogens is 2. The fraction of sp³-hybridized carbons (Fsp3) is 0.636. The first kappa shape index (κ1) is 28.1. The number of aliphatic hydroxyl groups excluding tert-OH is 1. The van der Waals surface area contributed by atoms with Crippen molar-refractivity contribution in [2.24, 2.45) is 0 Å². The average Bonchev–Trinajstić information content (AvgIpc) is 2.90. The number of aliphatic hydroxyl groups is 1. The van der Waals surface area contributed by atoms with Gasteiger partial charge in [0.1, 0.15) is 12.2 Å². The minimum atomic E-state index is -5.94. The Hall–Kier alpha value is -1.17. The van der Waals surface area contributed by atoms with Crippen molar-refractivity contribution in [1.82, 2.24) is 9.55 Å². The lowest BCUT2D eigenvalue weighted by molar-refractivity contribution is -0.193. The Kier molecular flexibility index (Phi) is 8.36. The number of hydrogen-bond acceptors (Lipinski definition) is 11. The van der Waals surface area contributed by atoms with Gasteiger partial charge in [-0.15, -0.1) is 0 Å². The fourth-order valence-electron chi connectivity index (χ4n) is 2.73. The molecule has 0 radical (unpaired) electrons. The van der Waals surface area contributed by atoms with E-state index in [0.717, 1.165) is 19.4 Å². The monoisotopic (exact) mass is 548 g/mol. The summed E-state index contributed by atoms with van der Waals surface area (Å²) in [6.07, 6.45) is -8.80. The quantitative estimate of drug-likeness (QED) is 0.188. The lowest BCUT2D eigenvalue weighted by atomic mass is 9.96. The van der Waals surface area contributed by atoms with Gasteiger partial charge in [-0.3, -0.25) is 18.9 Å². The number of rotatable bonds is 10.